The van der Waals surface area contributed by atoms with Gasteiger partial charge in [-0.1, -0.05) is 26.2 Å². The Hall–Kier alpha value is -0.870. The Balaban J connectivity index is 1.89. The smallest absolute Gasteiger partial charge is 0.246 e. The minimum atomic E-state index is -0.555. The van der Waals surface area contributed by atoms with Gasteiger partial charge in [-0.05, 0) is 45.6 Å². The number of hydrogen-bond donors (Lipinski definition) is 0. The summed E-state index contributed by atoms with van der Waals surface area (Å²) in [5, 5.41) is 0. The van der Waals surface area contributed by atoms with Crippen LogP contribution in [0.25, 0.3) is 0 Å². The van der Waals surface area contributed by atoms with Gasteiger partial charge in [-0.25, -0.2) is 0 Å². The van der Waals surface area contributed by atoms with Gasteiger partial charge in [0.25, 0.3) is 0 Å². The molecule has 0 saturated carbocycles. The molecule has 0 spiro atoms. The predicted molar refractivity (Wildman–Crippen MR) is 87.5 cm³/mol. The lowest BCUT2D eigenvalue weighted by molar-refractivity contribution is -0.143. The van der Waals surface area contributed by atoms with Gasteiger partial charge < -0.3 is 14.4 Å². The molecule has 2 rings (SSSR count). The monoisotopic (exact) mass is 309 g/mol. The second-order valence-electron chi connectivity index (χ2n) is 6.88. The zero-order chi connectivity index (χ0) is 16.0. The second-order valence-corrected chi connectivity index (χ2v) is 6.88. The number of hydrogen-bond acceptors (Lipinski definition) is 3. The summed E-state index contributed by atoms with van der Waals surface area (Å²) in [4.78, 5) is 14.2. The summed E-state index contributed by atoms with van der Waals surface area (Å²) < 4.78 is 11.9. The molecule has 0 bridgehead atoms. The van der Waals surface area contributed by atoms with Gasteiger partial charge in [0.2, 0.25) is 5.91 Å². The standard InChI is InChI=1S/C18H31NO3/c1-4-5-7-10-15-16(22-18(2,3)21-15)11-12-17(20)19-13-8-6-9-14-19/h11-12,15-16H,4-10,13-14H2,1-3H3/b12-11+/t15-,16+/m1/s1. The number of carbonyl (C=O) groups excluding carboxylic acids is 1. The number of nitrogens with zero attached hydrogens (tertiary/aromatic N) is 1. The van der Waals surface area contributed by atoms with Crippen molar-refractivity contribution in [1.82, 2.24) is 4.90 Å². The van der Waals surface area contributed by atoms with E-state index in [1.807, 2.05) is 24.8 Å². The third kappa shape index (κ3) is 5.10. The van der Waals surface area contributed by atoms with E-state index in [4.69, 9.17) is 9.47 Å². The molecule has 1 amide bonds. The number of unbranched alkanes of at least 4 members (excludes halogenated alkanes) is 2. The van der Waals surface area contributed by atoms with Crippen molar-refractivity contribution in [2.75, 3.05) is 13.1 Å². The lowest BCUT2D eigenvalue weighted by Crippen LogP contribution is -2.34. The fraction of sp³-hybridized carbons (Fsp3) is 0.833. The zero-order valence-corrected chi connectivity index (χ0v) is 14.3. The van der Waals surface area contributed by atoms with E-state index in [9.17, 15) is 4.79 Å². The average molecular weight is 309 g/mol. The van der Waals surface area contributed by atoms with Crippen LogP contribution in [-0.2, 0) is 14.3 Å². The maximum Gasteiger partial charge on any atom is 0.246 e. The molecule has 0 aromatic carbocycles. The van der Waals surface area contributed by atoms with E-state index < -0.39 is 5.79 Å². The minimum absolute atomic E-state index is 0.0620. The van der Waals surface area contributed by atoms with Crippen molar-refractivity contribution in [1.29, 1.82) is 0 Å². The molecule has 4 heteroatoms. The van der Waals surface area contributed by atoms with Gasteiger partial charge in [0.1, 0.15) is 6.10 Å². The van der Waals surface area contributed by atoms with E-state index in [-0.39, 0.29) is 18.1 Å². The number of piperidine rings is 1. The third-order valence-corrected chi connectivity index (χ3v) is 4.41. The first kappa shape index (κ1) is 17.5. The topological polar surface area (TPSA) is 38.8 Å². The largest absolute Gasteiger partial charge is 0.344 e. The molecule has 2 fully saturated rings. The van der Waals surface area contributed by atoms with Crippen molar-refractivity contribution in [3.8, 4) is 0 Å². The molecule has 0 radical (unpaired) electrons. The number of carbonyl (C=O) groups is 1. The quantitative estimate of drug-likeness (QED) is 0.555. The molecule has 126 valence electrons. The number of likely N-dealkylation sites (tertiary alicyclic amines) is 1. The van der Waals surface area contributed by atoms with Crippen molar-refractivity contribution in [3.63, 3.8) is 0 Å². The number of ether oxygens (including phenoxy) is 2. The molecule has 2 aliphatic rings. The Morgan fingerprint density at radius 3 is 2.59 bits per heavy atom. The van der Waals surface area contributed by atoms with Crippen LogP contribution in [0.2, 0.25) is 0 Å². The highest BCUT2D eigenvalue weighted by Gasteiger charge is 2.39. The summed E-state index contributed by atoms with van der Waals surface area (Å²) in [6.07, 6.45) is 11.6. The molecule has 22 heavy (non-hydrogen) atoms. The van der Waals surface area contributed by atoms with Gasteiger partial charge in [0.05, 0.1) is 6.10 Å². The van der Waals surface area contributed by atoms with E-state index >= 15 is 0 Å². The molecule has 2 saturated heterocycles. The van der Waals surface area contributed by atoms with Crippen LogP contribution in [-0.4, -0.2) is 41.9 Å². The highest BCUT2D eigenvalue weighted by Crippen LogP contribution is 2.31. The summed E-state index contributed by atoms with van der Waals surface area (Å²) >= 11 is 0. The van der Waals surface area contributed by atoms with Crippen LogP contribution in [0.15, 0.2) is 12.2 Å². The van der Waals surface area contributed by atoms with Crippen LogP contribution in [0.1, 0.15) is 65.7 Å². The van der Waals surface area contributed by atoms with E-state index in [0.717, 1.165) is 38.8 Å². The van der Waals surface area contributed by atoms with Crippen molar-refractivity contribution in [3.05, 3.63) is 12.2 Å². The van der Waals surface area contributed by atoms with E-state index in [2.05, 4.69) is 6.92 Å². The van der Waals surface area contributed by atoms with Crippen molar-refractivity contribution >= 4 is 5.91 Å². The van der Waals surface area contributed by atoms with Crippen LogP contribution in [0.5, 0.6) is 0 Å². The van der Waals surface area contributed by atoms with Crippen molar-refractivity contribution in [2.24, 2.45) is 0 Å². The first-order chi connectivity index (χ1) is 10.5. The summed E-state index contributed by atoms with van der Waals surface area (Å²) in [5.41, 5.74) is 0. The molecule has 0 N–H and O–H groups in total. The number of rotatable bonds is 6. The van der Waals surface area contributed by atoms with Crippen LogP contribution >= 0.6 is 0 Å². The van der Waals surface area contributed by atoms with Gasteiger partial charge in [0.15, 0.2) is 5.79 Å². The highest BCUT2D eigenvalue weighted by atomic mass is 16.7. The molecule has 2 heterocycles. The van der Waals surface area contributed by atoms with Gasteiger partial charge in [0, 0.05) is 19.2 Å². The molecule has 0 aromatic rings. The SMILES string of the molecule is CCCCC[C@H]1OC(C)(C)O[C@H]1/C=C/C(=O)N1CCCCC1. The maximum atomic E-state index is 12.2. The van der Waals surface area contributed by atoms with Crippen LogP contribution < -0.4 is 0 Å². The summed E-state index contributed by atoms with van der Waals surface area (Å²) in [6, 6.07) is 0. The van der Waals surface area contributed by atoms with E-state index in [1.165, 1.54) is 19.3 Å². The Bertz CT molecular complexity index is 386. The average Bonchev–Trinajstić information content (AvgIpc) is 2.80. The molecular formula is C18H31NO3. The molecule has 2 aliphatic heterocycles. The van der Waals surface area contributed by atoms with Gasteiger partial charge in [-0.15, -0.1) is 0 Å². The van der Waals surface area contributed by atoms with Gasteiger partial charge in [-0.3, -0.25) is 4.79 Å². The Morgan fingerprint density at radius 1 is 1.18 bits per heavy atom. The summed E-state index contributed by atoms with van der Waals surface area (Å²) in [6.45, 7) is 7.86. The highest BCUT2D eigenvalue weighted by molar-refractivity contribution is 5.87. The van der Waals surface area contributed by atoms with Crippen LogP contribution in [0.3, 0.4) is 0 Å². The third-order valence-electron chi connectivity index (χ3n) is 4.41. The molecule has 2 atom stereocenters. The summed E-state index contributed by atoms with van der Waals surface area (Å²) in [7, 11) is 0. The molecule has 0 unspecified atom stereocenters. The normalized spacial score (nSPS) is 28.4. The fourth-order valence-electron chi connectivity index (χ4n) is 3.24. The molecular weight excluding hydrogens is 278 g/mol. The van der Waals surface area contributed by atoms with Gasteiger partial charge >= 0.3 is 0 Å². The van der Waals surface area contributed by atoms with Crippen molar-refractivity contribution in [2.45, 2.75) is 83.7 Å². The van der Waals surface area contributed by atoms with Gasteiger partial charge in [-0.2, -0.15) is 0 Å². The minimum Gasteiger partial charge on any atom is -0.344 e. The van der Waals surface area contributed by atoms with Crippen LogP contribution in [0, 0.1) is 0 Å². The zero-order valence-electron chi connectivity index (χ0n) is 14.3. The number of amides is 1. The summed E-state index contributed by atoms with van der Waals surface area (Å²) in [5.74, 6) is -0.444. The molecule has 0 aromatic heterocycles. The van der Waals surface area contributed by atoms with Crippen molar-refractivity contribution < 1.29 is 14.3 Å². The lowest BCUT2D eigenvalue weighted by atomic mass is 10.1. The fourth-order valence-corrected chi connectivity index (χ4v) is 3.24. The maximum absolute atomic E-state index is 12.2. The Morgan fingerprint density at radius 2 is 1.91 bits per heavy atom. The first-order valence-corrected chi connectivity index (χ1v) is 8.84. The molecule has 4 nitrogen and oxygen atoms in total. The first-order valence-electron chi connectivity index (χ1n) is 8.84. The van der Waals surface area contributed by atoms with Crippen LogP contribution in [0.4, 0.5) is 0 Å². The molecule has 0 aliphatic carbocycles. The predicted octanol–water partition coefficient (Wildman–Crippen LogP) is 3.66. The Labute approximate surface area is 134 Å². The van der Waals surface area contributed by atoms with E-state index in [1.54, 1.807) is 6.08 Å². The second kappa shape index (κ2) is 8.11. The van der Waals surface area contributed by atoms with E-state index in [0.29, 0.717) is 0 Å². The Kier molecular flexibility index (Phi) is 6.45. The lowest BCUT2D eigenvalue weighted by Gasteiger charge is -2.25.